The summed E-state index contributed by atoms with van der Waals surface area (Å²) < 4.78 is 6.37. The summed E-state index contributed by atoms with van der Waals surface area (Å²) >= 11 is 0. The molecule has 0 fully saturated rings. The van der Waals surface area contributed by atoms with Crippen LogP contribution in [0.25, 0.3) is 111 Å². The second-order valence-electron chi connectivity index (χ2n) is 14.9. The highest BCUT2D eigenvalue weighted by atomic mass is 16.3. The molecular weight excluding hydrogens is 719 g/mol. The van der Waals surface area contributed by atoms with E-state index in [9.17, 15) is 0 Å². The molecule has 0 saturated heterocycles. The lowest BCUT2D eigenvalue weighted by Gasteiger charge is -2.13. The van der Waals surface area contributed by atoms with Crippen molar-refractivity contribution in [3.8, 4) is 78.7 Å². The summed E-state index contributed by atoms with van der Waals surface area (Å²) in [6.07, 6.45) is 0. The molecule has 11 aromatic rings. The van der Waals surface area contributed by atoms with Crippen molar-refractivity contribution >= 4 is 32.7 Å². The van der Waals surface area contributed by atoms with E-state index < -0.39 is 0 Å². The molecule has 0 aliphatic heterocycles. The summed E-state index contributed by atoms with van der Waals surface area (Å²) in [6, 6.07) is 74.2. The second-order valence-corrected chi connectivity index (χ2v) is 14.9. The molecule has 0 bridgehead atoms. The van der Waals surface area contributed by atoms with E-state index in [0.717, 1.165) is 77.4 Å². The third-order valence-corrected chi connectivity index (χ3v) is 11.1. The molecule has 4 heteroatoms. The van der Waals surface area contributed by atoms with Crippen LogP contribution < -0.4 is 0 Å². The van der Waals surface area contributed by atoms with E-state index in [-0.39, 0.29) is 0 Å². The van der Waals surface area contributed by atoms with Gasteiger partial charge in [0.1, 0.15) is 11.2 Å². The summed E-state index contributed by atoms with van der Waals surface area (Å²) in [7, 11) is 0. The fourth-order valence-electron chi connectivity index (χ4n) is 8.06. The van der Waals surface area contributed by atoms with Gasteiger partial charge in [0, 0.05) is 27.5 Å². The van der Waals surface area contributed by atoms with Gasteiger partial charge < -0.3 is 4.42 Å². The molecule has 276 valence electrons. The van der Waals surface area contributed by atoms with Crippen molar-refractivity contribution in [2.75, 3.05) is 0 Å². The molecule has 11 rings (SSSR count). The molecule has 59 heavy (non-hydrogen) atoms. The Bertz CT molecular complexity index is 3260. The van der Waals surface area contributed by atoms with Gasteiger partial charge in [-0.1, -0.05) is 152 Å². The number of rotatable bonds is 7. The Morgan fingerprint density at radius 1 is 0.237 bits per heavy atom. The fraction of sp³-hybridized carbons (Fsp3) is 0. The zero-order valence-electron chi connectivity index (χ0n) is 32.0. The van der Waals surface area contributed by atoms with E-state index >= 15 is 0 Å². The van der Waals surface area contributed by atoms with Crippen LogP contribution in [0.3, 0.4) is 0 Å². The molecule has 2 heterocycles. The predicted molar refractivity (Wildman–Crippen MR) is 243 cm³/mol. The predicted octanol–water partition coefficient (Wildman–Crippen LogP) is 14.6. The van der Waals surface area contributed by atoms with Crippen LogP contribution in [0.4, 0.5) is 0 Å². The lowest BCUT2D eigenvalue weighted by molar-refractivity contribution is 0.669. The number of fused-ring (bicyclic) bond motifs is 4. The van der Waals surface area contributed by atoms with Crippen molar-refractivity contribution in [3.05, 3.63) is 212 Å². The van der Waals surface area contributed by atoms with Crippen LogP contribution in [0.5, 0.6) is 0 Å². The van der Waals surface area contributed by atoms with Crippen LogP contribution in [0.2, 0.25) is 0 Å². The largest absolute Gasteiger partial charge is 0.456 e. The lowest BCUT2D eigenvalue weighted by atomic mass is 9.93. The first-order valence-electron chi connectivity index (χ1n) is 19.8. The molecule has 0 aliphatic carbocycles. The van der Waals surface area contributed by atoms with Gasteiger partial charge >= 0.3 is 0 Å². The number of nitrogens with zero attached hydrogens (tertiary/aromatic N) is 3. The van der Waals surface area contributed by atoms with Crippen LogP contribution in [0.15, 0.2) is 217 Å². The smallest absolute Gasteiger partial charge is 0.164 e. The lowest BCUT2D eigenvalue weighted by Crippen LogP contribution is -2.00. The van der Waals surface area contributed by atoms with Crippen LogP contribution in [-0.4, -0.2) is 15.0 Å². The minimum atomic E-state index is 0.593. The summed E-state index contributed by atoms with van der Waals surface area (Å²) in [5.74, 6) is 1.80. The maximum absolute atomic E-state index is 6.37. The first-order valence-corrected chi connectivity index (χ1v) is 19.8. The van der Waals surface area contributed by atoms with E-state index in [0.29, 0.717) is 17.5 Å². The molecule has 0 saturated carbocycles. The summed E-state index contributed by atoms with van der Waals surface area (Å²) in [6.45, 7) is 0. The standard InChI is InChI=1S/C55H35N3O/c1-4-14-36(15-5-1)39-22-12-24-43(28-39)53-56-54(58-55(57-53)45-26-27-51-49(34-45)50-33-41-20-10-11-21-42(41)35-52(50)59-51)44-25-13-23-40(29-44)48-31-46(37-16-6-2-7-17-37)30-47(32-48)38-18-8-3-9-19-38/h1-35H. The molecule has 4 nitrogen and oxygen atoms in total. The van der Waals surface area contributed by atoms with Gasteiger partial charge in [-0.05, 0) is 116 Å². The third kappa shape index (κ3) is 6.63. The van der Waals surface area contributed by atoms with Crippen molar-refractivity contribution in [3.63, 3.8) is 0 Å². The van der Waals surface area contributed by atoms with Gasteiger partial charge in [0.2, 0.25) is 0 Å². The zero-order valence-corrected chi connectivity index (χ0v) is 32.0. The van der Waals surface area contributed by atoms with Crippen molar-refractivity contribution in [1.82, 2.24) is 15.0 Å². The monoisotopic (exact) mass is 753 g/mol. The minimum Gasteiger partial charge on any atom is -0.456 e. The Morgan fingerprint density at radius 2 is 0.610 bits per heavy atom. The molecule has 0 unspecified atom stereocenters. The summed E-state index contributed by atoms with van der Waals surface area (Å²) in [4.78, 5) is 15.6. The van der Waals surface area contributed by atoms with E-state index in [1.807, 2.05) is 18.2 Å². The average molecular weight is 754 g/mol. The van der Waals surface area contributed by atoms with Crippen molar-refractivity contribution in [1.29, 1.82) is 0 Å². The van der Waals surface area contributed by atoms with E-state index in [2.05, 4.69) is 194 Å². The Kier molecular flexibility index (Phi) is 8.45. The minimum absolute atomic E-state index is 0.593. The Hall–Kier alpha value is -7.95. The molecule has 2 aromatic heterocycles. The van der Waals surface area contributed by atoms with Crippen molar-refractivity contribution < 1.29 is 4.42 Å². The zero-order chi connectivity index (χ0) is 39.1. The summed E-state index contributed by atoms with van der Waals surface area (Å²) in [5.41, 5.74) is 13.5. The highest BCUT2D eigenvalue weighted by molar-refractivity contribution is 6.11. The number of benzene rings is 9. The second kappa shape index (κ2) is 14.5. The molecule has 0 aliphatic rings. The van der Waals surface area contributed by atoms with Crippen molar-refractivity contribution in [2.45, 2.75) is 0 Å². The highest BCUT2D eigenvalue weighted by Crippen LogP contribution is 2.37. The number of hydrogen-bond donors (Lipinski definition) is 0. The van der Waals surface area contributed by atoms with Gasteiger partial charge in [0.05, 0.1) is 0 Å². The Labute approximate surface area is 341 Å². The fourth-order valence-corrected chi connectivity index (χ4v) is 8.06. The van der Waals surface area contributed by atoms with Gasteiger partial charge in [-0.2, -0.15) is 0 Å². The summed E-state index contributed by atoms with van der Waals surface area (Å²) in [5, 5.41) is 4.40. The van der Waals surface area contributed by atoms with Crippen LogP contribution in [0.1, 0.15) is 0 Å². The molecule has 0 radical (unpaired) electrons. The molecule has 0 atom stereocenters. The number of hydrogen-bond acceptors (Lipinski definition) is 4. The SMILES string of the molecule is c1ccc(-c2cc(-c3ccccc3)cc(-c3cccc(-c4nc(-c5cccc(-c6ccccc6)c5)nc(-c5ccc6oc7cc8ccccc8cc7c6c5)n4)c3)c2)cc1. The van der Waals surface area contributed by atoms with Gasteiger partial charge in [-0.3, -0.25) is 0 Å². The van der Waals surface area contributed by atoms with E-state index in [1.54, 1.807) is 0 Å². The Morgan fingerprint density at radius 3 is 1.15 bits per heavy atom. The first-order chi connectivity index (χ1) is 29.2. The molecule has 9 aromatic carbocycles. The number of furan rings is 1. The molecule has 0 N–H and O–H groups in total. The number of aromatic nitrogens is 3. The maximum Gasteiger partial charge on any atom is 0.164 e. The maximum atomic E-state index is 6.37. The van der Waals surface area contributed by atoms with E-state index in [4.69, 9.17) is 19.4 Å². The molecule has 0 spiro atoms. The van der Waals surface area contributed by atoms with E-state index in [1.165, 1.54) is 16.5 Å². The van der Waals surface area contributed by atoms with Gasteiger partial charge in [-0.25, -0.2) is 15.0 Å². The van der Waals surface area contributed by atoms with Gasteiger partial charge in [0.25, 0.3) is 0 Å². The third-order valence-electron chi connectivity index (χ3n) is 11.1. The van der Waals surface area contributed by atoms with Crippen LogP contribution in [-0.2, 0) is 0 Å². The molecular formula is C55H35N3O. The topological polar surface area (TPSA) is 51.8 Å². The molecule has 0 amide bonds. The van der Waals surface area contributed by atoms with Crippen LogP contribution in [0, 0.1) is 0 Å². The van der Waals surface area contributed by atoms with Crippen LogP contribution >= 0.6 is 0 Å². The average Bonchev–Trinajstić information content (AvgIpc) is 3.68. The quantitative estimate of drug-likeness (QED) is 0.163. The first kappa shape index (κ1) is 34.3. The normalized spacial score (nSPS) is 11.4. The van der Waals surface area contributed by atoms with Gasteiger partial charge in [-0.15, -0.1) is 0 Å². The van der Waals surface area contributed by atoms with Gasteiger partial charge in [0.15, 0.2) is 17.5 Å². The van der Waals surface area contributed by atoms with Crippen molar-refractivity contribution in [2.24, 2.45) is 0 Å². The highest BCUT2D eigenvalue weighted by Gasteiger charge is 2.17. The Balaban J connectivity index is 1.07.